The zero-order chi connectivity index (χ0) is 35.8. The fraction of sp³-hybridized carbons (Fsp3) is 0.871. The van der Waals surface area contributed by atoms with Crippen LogP contribution in [-0.2, 0) is 46.8 Å². The Balaban J connectivity index is 2.41. The Kier molecular flexibility index (Phi) is 19.9. The molecule has 5 N–H and O–H groups in total. The van der Waals surface area contributed by atoms with E-state index in [1.165, 1.54) is 0 Å². The molecular weight excluding hydrogens is 660 g/mol. The Morgan fingerprint density at radius 3 is 2.10 bits per heavy atom. The van der Waals surface area contributed by atoms with Crippen molar-refractivity contribution in [3.63, 3.8) is 0 Å². The summed E-state index contributed by atoms with van der Waals surface area (Å²) < 4.78 is 38.0. The summed E-state index contributed by atoms with van der Waals surface area (Å²) in [6.07, 6.45) is -8.51. The summed E-state index contributed by atoms with van der Waals surface area (Å²) >= 11 is -0.0167. The van der Waals surface area contributed by atoms with Crippen LogP contribution in [0.3, 0.4) is 0 Å². The Labute approximate surface area is 285 Å². The molecule has 48 heavy (non-hydrogen) atoms. The third-order valence-corrected chi connectivity index (χ3v) is 8.83. The molecular formula is C31H53O16S-. The van der Waals surface area contributed by atoms with E-state index in [1.807, 2.05) is 6.92 Å². The monoisotopic (exact) mass is 713 g/mol. The molecule has 17 heteroatoms. The zero-order valence-corrected chi connectivity index (χ0v) is 29.0. The SMILES string of the molecule is CCCCCCCC(=O)OC1C(OC2OC(CO)C(O)C(O)C2OSOO[O-])OC(CO)C(O)C1OC(=O)/C(C)=C/[C@@H](C)C[C@@H](C)CC. The van der Waals surface area contributed by atoms with Crippen LogP contribution >= 0.6 is 12.3 Å². The molecule has 2 rings (SSSR count). The predicted molar refractivity (Wildman–Crippen MR) is 165 cm³/mol. The molecule has 0 bridgehead atoms. The maximum atomic E-state index is 13.3. The molecule has 2 aliphatic heterocycles. The lowest BCUT2D eigenvalue weighted by molar-refractivity contribution is -0.777. The van der Waals surface area contributed by atoms with Crippen molar-refractivity contribution in [1.82, 2.24) is 0 Å². The van der Waals surface area contributed by atoms with E-state index < -0.39 is 86.6 Å². The van der Waals surface area contributed by atoms with Gasteiger partial charge in [0.25, 0.3) is 0 Å². The van der Waals surface area contributed by atoms with Crippen molar-refractivity contribution >= 4 is 24.3 Å². The van der Waals surface area contributed by atoms with Gasteiger partial charge in [-0.05, 0) is 31.6 Å². The number of hydrogen-bond donors (Lipinski definition) is 5. The van der Waals surface area contributed by atoms with E-state index in [9.17, 15) is 40.4 Å². The summed E-state index contributed by atoms with van der Waals surface area (Å²) in [6, 6.07) is 0. The highest BCUT2D eigenvalue weighted by Gasteiger charge is 2.54. The molecule has 2 saturated heterocycles. The maximum absolute atomic E-state index is 13.3. The van der Waals surface area contributed by atoms with Gasteiger partial charge in [0.05, 0.1) is 13.2 Å². The van der Waals surface area contributed by atoms with Crippen LogP contribution in [0, 0.1) is 11.8 Å². The van der Waals surface area contributed by atoms with Gasteiger partial charge in [0.2, 0.25) is 6.29 Å². The van der Waals surface area contributed by atoms with E-state index in [-0.39, 0.29) is 30.2 Å². The predicted octanol–water partition coefficient (Wildman–Crippen LogP) is 0.895. The zero-order valence-electron chi connectivity index (χ0n) is 28.2. The van der Waals surface area contributed by atoms with Crippen molar-refractivity contribution in [3.05, 3.63) is 11.6 Å². The summed E-state index contributed by atoms with van der Waals surface area (Å²) in [4.78, 5) is 26.4. The van der Waals surface area contributed by atoms with E-state index in [2.05, 4.69) is 30.1 Å². The standard InChI is InChI=1S/C31H54O16S/c1-6-8-9-10-11-12-22(34)42-28-26(43-29(38)19(5)14-18(4)13-17(3)7-2)24(36)21(16-33)41-31(28)44-30-27(45-48-47-46-39)25(37)23(35)20(15-32)40-30/h14,17-18,20-21,23-28,30-33,35-37,39H,6-13,15-16H2,1-5H3/p-1/b19-14+/t17-,18-,20?,21?,23?,24?,25?,26?,27?,28?,30?,31?/m0/s1. The van der Waals surface area contributed by atoms with Crippen LogP contribution in [0.1, 0.15) is 86.0 Å². The van der Waals surface area contributed by atoms with E-state index in [1.54, 1.807) is 13.0 Å². The largest absolute Gasteiger partial charge is 0.691 e. The van der Waals surface area contributed by atoms with Gasteiger partial charge in [0.15, 0.2) is 36.9 Å². The topological polar surface area (TPSA) is 232 Å². The van der Waals surface area contributed by atoms with E-state index in [0.29, 0.717) is 12.3 Å². The summed E-state index contributed by atoms with van der Waals surface area (Å²) in [5.41, 5.74) is 0.244. The van der Waals surface area contributed by atoms with Gasteiger partial charge in [-0.1, -0.05) is 65.9 Å². The van der Waals surface area contributed by atoms with Crippen molar-refractivity contribution in [2.75, 3.05) is 13.2 Å². The first kappa shape index (κ1) is 42.7. The molecule has 2 fully saturated rings. The average Bonchev–Trinajstić information content (AvgIpc) is 3.06. The second kappa shape index (κ2) is 22.4. The molecule has 0 aromatic carbocycles. The van der Waals surface area contributed by atoms with Gasteiger partial charge in [-0.3, -0.25) is 14.0 Å². The fourth-order valence-electron chi connectivity index (χ4n) is 5.55. The molecule has 0 radical (unpaired) electrons. The van der Waals surface area contributed by atoms with Crippen LogP contribution in [-0.4, -0.2) is 112 Å². The number of hydrogen-bond acceptors (Lipinski definition) is 17. The Bertz CT molecular complexity index is 971. The molecule has 0 aromatic heterocycles. The van der Waals surface area contributed by atoms with Crippen LogP contribution in [0.25, 0.3) is 0 Å². The van der Waals surface area contributed by atoms with Gasteiger partial charge in [-0.25, -0.2) is 4.79 Å². The lowest BCUT2D eigenvalue weighted by Gasteiger charge is -2.46. The Morgan fingerprint density at radius 2 is 1.50 bits per heavy atom. The quantitative estimate of drug-likeness (QED) is 0.0278. The van der Waals surface area contributed by atoms with Crippen LogP contribution in [0.15, 0.2) is 11.6 Å². The number of carbonyl (C=O) groups is 2. The normalized spacial score (nSPS) is 32.4. The molecule has 2 heterocycles. The highest BCUT2D eigenvalue weighted by atomic mass is 32.2. The van der Waals surface area contributed by atoms with Crippen LogP contribution in [0.2, 0.25) is 0 Å². The van der Waals surface area contributed by atoms with E-state index in [4.69, 9.17) is 27.9 Å². The first-order chi connectivity index (χ1) is 22.9. The van der Waals surface area contributed by atoms with E-state index >= 15 is 0 Å². The lowest BCUT2D eigenvalue weighted by atomic mass is 9.94. The first-order valence-corrected chi connectivity index (χ1v) is 17.2. The minimum atomic E-state index is -1.78. The molecule has 2 aliphatic rings. The van der Waals surface area contributed by atoms with Gasteiger partial charge >= 0.3 is 11.9 Å². The van der Waals surface area contributed by atoms with Gasteiger partial charge < -0.3 is 54.5 Å². The number of rotatable bonds is 21. The number of ether oxygens (including phenoxy) is 5. The third-order valence-electron chi connectivity index (χ3n) is 8.42. The molecule has 0 aliphatic carbocycles. The lowest BCUT2D eigenvalue weighted by Crippen LogP contribution is -2.65. The van der Waals surface area contributed by atoms with Crippen LogP contribution < -0.4 is 5.26 Å². The minimum absolute atomic E-state index is 0.00842. The van der Waals surface area contributed by atoms with E-state index in [0.717, 1.165) is 38.5 Å². The van der Waals surface area contributed by atoms with Crippen molar-refractivity contribution in [2.45, 2.75) is 147 Å². The second-order valence-electron chi connectivity index (χ2n) is 12.4. The van der Waals surface area contributed by atoms with Crippen molar-refractivity contribution < 1.29 is 77.6 Å². The summed E-state index contributed by atoms with van der Waals surface area (Å²) in [5.74, 6) is -1.07. The molecule has 280 valence electrons. The molecule has 0 aromatic rings. The summed E-state index contributed by atoms with van der Waals surface area (Å²) in [5, 5.41) is 65.6. The number of unbranched alkanes of at least 4 members (excludes halogenated alkanes) is 4. The number of allylic oxidation sites excluding steroid dienone is 1. The molecule has 0 amide bonds. The van der Waals surface area contributed by atoms with Gasteiger partial charge in [0, 0.05) is 12.0 Å². The number of aliphatic hydroxyl groups is 5. The average molecular weight is 714 g/mol. The molecule has 16 nitrogen and oxygen atoms in total. The fourth-order valence-corrected chi connectivity index (χ4v) is 5.90. The smallest absolute Gasteiger partial charge is 0.333 e. The molecule has 0 saturated carbocycles. The number of esters is 2. The molecule has 0 spiro atoms. The van der Waals surface area contributed by atoms with Crippen LogP contribution in [0.4, 0.5) is 0 Å². The van der Waals surface area contributed by atoms with Crippen molar-refractivity contribution in [3.8, 4) is 0 Å². The Morgan fingerprint density at radius 1 is 0.875 bits per heavy atom. The first-order valence-electron chi connectivity index (χ1n) is 16.5. The minimum Gasteiger partial charge on any atom is -0.691 e. The third kappa shape index (κ3) is 13.0. The number of carbonyl (C=O) groups excluding carboxylic acids is 2. The van der Waals surface area contributed by atoms with Gasteiger partial charge in [0.1, 0.15) is 30.5 Å². The Hall–Kier alpha value is -1.45. The molecule has 12 atom stereocenters. The molecule has 10 unspecified atom stereocenters. The van der Waals surface area contributed by atoms with Gasteiger partial charge in [-0.15, -0.1) is 4.33 Å². The highest BCUT2D eigenvalue weighted by Crippen LogP contribution is 2.33. The van der Waals surface area contributed by atoms with Gasteiger partial charge in [-0.2, -0.15) is 0 Å². The maximum Gasteiger partial charge on any atom is 0.333 e. The summed E-state index contributed by atoms with van der Waals surface area (Å²) in [6.45, 7) is 8.22. The van der Waals surface area contributed by atoms with Crippen molar-refractivity contribution in [2.24, 2.45) is 11.8 Å². The van der Waals surface area contributed by atoms with Crippen LogP contribution in [0.5, 0.6) is 0 Å². The second-order valence-corrected chi connectivity index (χ2v) is 12.9. The van der Waals surface area contributed by atoms with Crippen molar-refractivity contribution in [1.29, 1.82) is 0 Å². The summed E-state index contributed by atoms with van der Waals surface area (Å²) in [7, 11) is 0. The number of aliphatic hydroxyl groups excluding tert-OH is 5. The highest BCUT2D eigenvalue weighted by molar-refractivity contribution is 7.89.